The zero-order valence-electron chi connectivity index (χ0n) is 22.5. The standard InChI is InChI=1S/C28H31ClF3N5O4/c1-2-12-40-13-14-41-22-9-7-19(17-33-22)23-35-24(37-26(39)36-23)20-15-18(6-8-21(20)29)16-34-25(38)27(28(30,31)32)10-4-3-5-11-27/h6-9,15,17H,2-5,10-14,16H2,1H3,(H,34,38)(H,35,36,37,39). The molecule has 0 bridgehead atoms. The number of ether oxygens (including phenoxy) is 2. The lowest BCUT2D eigenvalue weighted by molar-refractivity contribution is -0.230. The average molecular weight is 594 g/mol. The second-order valence-corrected chi connectivity index (χ2v) is 10.2. The molecule has 41 heavy (non-hydrogen) atoms. The summed E-state index contributed by atoms with van der Waals surface area (Å²) in [7, 11) is 0. The molecule has 1 fully saturated rings. The second kappa shape index (κ2) is 13.4. The molecule has 0 spiro atoms. The van der Waals surface area contributed by atoms with E-state index in [2.05, 4.69) is 25.3 Å². The Kier molecular flexibility index (Phi) is 9.98. The van der Waals surface area contributed by atoms with Crippen molar-refractivity contribution < 1.29 is 32.5 Å². The van der Waals surface area contributed by atoms with E-state index in [0.29, 0.717) is 61.7 Å². The molecule has 1 amide bonds. The molecule has 220 valence electrons. The highest BCUT2D eigenvalue weighted by molar-refractivity contribution is 6.33. The summed E-state index contributed by atoms with van der Waals surface area (Å²) in [6.07, 6.45) is -1.31. The van der Waals surface area contributed by atoms with Crippen LogP contribution in [0.25, 0.3) is 22.8 Å². The molecular weight excluding hydrogens is 563 g/mol. The van der Waals surface area contributed by atoms with E-state index in [4.69, 9.17) is 21.1 Å². The number of rotatable bonds is 11. The number of carbonyl (C=O) groups is 1. The topological polar surface area (TPSA) is 119 Å². The van der Waals surface area contributed by atoms with Crippen LogP contribution in [0.4, 0.5) is 13.2 Å². The van der Waals surface area contributed by atoms with Gasteiger partial charge in [0.25, 0.3) is 0 Å². The number of benzene rings is 1. The minimum absolute atomic E-state index is 0.0399. The van der Waals surface area contributed by atoms with Gasteiger partial charge in [0.15, 0.2) is 11.6 Å². The summed E-state index contributed by atoms with van der Waals surface area (Å²) in [4.78, 5) is 29.4. The number of hydrogen-bond acceptors (Lipinski definition) is 8. The lowest BCUT2D eigenvalue weighted by atomic mass is 9.72. The zero-order chi connectivity index (χ0) is 29.5. The first kappa shape index (κ1) is 30.4. The maximum Gasteiger partial charge on any atom is 0.403 e. The predicted octanol–water partition coefficient (Wildman–Crippen LogP) is 5.89. The number of aromatic nitrogens is 4. The molecule has 4 rings (SSSR count). The van der Waals surface area contributed by atoms with Gasteiger partial charge in [0.1, 0.15) is 12.0 Å². The van der Waals surface area contributed by atoms with Crippen LogP contribution >= 0.6 is 11.6 Å². The van der Waals surface area contributed by atoms with Crippen molar-refractivity contribution in [3.05, 3.63) is 47.1 Å². The van der Waals surface area contributed by atoms with Crippen LogP contribution in [0.5, 0.6) is 11.9 Å². The van der Waals surface area contributed by atoms with Crippen LogP contribution in [0.2, 0.25) is 5.02 Å². The maximum atomic E-state index is 13.9. The number of amides is 1. The van der Waals surface area contributed by atoms with Gasteiger partial charge in [-0.05, 0) is 43.0 Å². The predicted molar refractivity (Wildman–Crippen MR) is 145 cm³/mol. The fraction of sp³-hybridized carbons (Fsp3) is 0.464. The quantitative estimate of drug-likeness (QED) is 0.264. The number of halogens is 4. The monoisotopic (exact) mass is 593 g/mol. The number of aromatic hydroxyl groups is 1. The van der Waals surface area contributed by atoms with Crippen molar-refractivity contribution in [1.82, 2.24) is 25.3 Å². The lowest BCUT2D eigenvalue weighted by Crippen LogP contribution is -2.51. The fourth-order valence-corrected chi connectivity index (χ4v) is 4.87. The molecular formula is C28H31ClF3N5O4. The van der Waals surface area contributed by atoms with Crippen molar-refractivity contribution in [2.24, 2.45) is 5.41 Å². The van der Waals surface area contributed by atoms with Gasteiger partial charge in [-0.15, -0.1) is 0 Å². The maximum absolute atomic E-state index is 13.9. The van der Waals surface area contributed by atoms with Crippen molar-refractivity contribution in [2.75, 3.05) is 19.8 Å². The van der Waals surface area contributed by atoms with Gasteiger partial charge >= 0.3 is 12.2 Å². The first-order chi connectivity index (χ1) is 19.6. The van der Waals surface area contributed by atoms with Gasteiger partial charge in [-0.2, -0.15) is 23.1 Å². The van der Waals surface area contributed by atoms with Crippen LogP contribution in [0.3, 0.4) is 0 Å². The van der Waals surface area contributed by atoms with E-state index in [1.54, 1.807) is 24.3 Å². The summed E-state index contributed by atoms with van der Waals surface area (Å²) in [5.41, 5.74) is -1.12. The fourth-order valence-electron chi connectivity index (χ4n) is 4.66. The van der Waals surface area contributed by atoms with Gasteiger partial charge in [-0.1, -0.05) is 43.9 Å². The van der Waals surface area contributed by atoms with Crippen molar-refractivity contribution >= 4 is 17.5 Å². The first-order valence-electron chi connectivity index (χ1n) is 13.4. The molecule has 2 N–H and O–H groups in total. The minimum Gasteiger partial charge on any atom is -0.479 e. The van der Waals surface area contributed by atoms with Crippen LogP contribution in [0, 0.1) is 5.41 Å². The Hall–Kier alpha value is -3.51. The Bertz CT molecular complexity index is 1340. The summed E-state index contributed by atoms with van der Waals surface area (Å²) in [6.45, 7) is 3.30. The summed E-state index contributed by atoms with van der Waals surface area (Å²) in [5.74, 6) is -0.490. The van der Waals surface area contributed by atoms with E-state index in [9.17, 15) is 23.1 Å². The van der Waals surface area contributed by atoms with Gasteiger partial charge in [0.05, 0.1) is 11.6 Å². The van der Waals surface area contributed by atoms with Crippen molar-refractivity contribution in [1.29, 1.82) is 0 Å². The van der Waals surface area contributed by atoms with Gasteiger partial charge in [-0.25, -0.2) is 9.97 Å². The van der Waals surface area contributed by atoms with Gasteiger partial charge in [-0.3, -0.25) is 4.79 Å². The summed E-state index contributed by atoms with van der Waals surface area (Å²) >= 11 is 6.39. The van der Waals surface area contributed by atoms with Crippen molar-refractivity contribution in [2.45, 2.75) is 58.2 Å². The smallest absolute Gasteiger partial charge is 0.403 e. The van der Waals surface area contributed by atoms with Crippen LogP contribution in [-0.2, 0) is 16.1 Å². The van der Waals surface area contributed by atoms with Gasteiger partial charge in [0.2, 0.25) is 11.8 Å². The number of nitrogens with zero attached hydrogens (tertiary/aromatic N) is 4. The molecule has 9 nitrogen and oxygen atoms in total. The molecule has 13 heteroatoms. The SMILES string of the molecule is CCCOCCOc1ccc(-c2nc(O)nc(-c3cc(CNC(=O)C4(C(F)(F)F)CCCCC4)ccc3Cl)n2)cn1. The van der Waals surface area contributed by atoms with Crippen LogP contribution < -0.4 is 10.1 Å². The number of alkyl halides is 3. The molecule has 2 aromatic heterocycles. The minimum atomic E-state index is -4.64. The zero-order valence-corrected chi connectivity index (χ0v) is 23.3. The van der Waals surface area contributed by atoms with E-state index < -0.39 is 23.5 Å². The molecule has 0 aliphatic heterocycles. The third kappa shape index (κ3) is 7.42. The second-order valence-electron chi connectivity index (χ2n) is 9.77. The largest absolute Gasteiger partial charge is 0.479 e. The van der Waals surface area contributed by atoms with Gasteiger partial charge in [0, 0.05) is 36.5 Å². The molecule has 0 unspecified atom stereocenters. The highest BCUT2D eigenvalue weighted by atomic mass is 35.5. The Morgan fingerprint density at radius 3 is 2.49 bits per heavy atom. The van der Waals surface area contributed by atoms with E-state index in [1.807, 2.05) is 6.92 Å². The third-order valence-corrected chi connectivity index (χ3v) is 7.18. The highest BCUT2D eigenvalue weighted by Crippen LogP contribution is 2.49. The Morgan fingerprint density at radius 1 is 1.05 bits per heavy atom. The summed E-state index contributed by atoms with van der Waals surface area (Å²) < 4.78 is 52.6. The summed E-state index contributed by atoms with van der Waals surface area (Å²) in [6, 6.07) is 7.41. The van der Waals surface area contributed by atoms with Crippen LogP contribution in [0.15, 0.2) is 36.5 Å². The molecule has 1 aliphatic rings. The molecule has 1 saturated carbocycles. The number of hydrogen-bond donors (Lipinski definition) is 2. The Morgan fingerprint density at radius 2 is 1.80 bits per heavy atom. The van der Waals surface area contributed by atoms with E-state index in [0.717, 1.165) is 6.42 Å². The van der Waals surface area contributed by atoms with E-state index >= 15 is 0 Å². The Labute approximate surface area is 240 Å². The molecule has 3 aromatic rings. The number of nitrogens with one attached hydrogen (secondary N) is 1. The molecule has 2 heterocycles. The van der Waals surface area contributed by atoms with Crippen LogP contribution in [0.1, 0.15) is 51.0 Å². The molecule has 0 radical (unpaired) electrons. The molecule has 1 aliphatic carbocycles. The molecule has 0 atom stereocenters. The van der Waals surface area contributed by atoms with Crippen LogP contribution in [-0.4, -0.2) is 56.9 Å². The normalized spacial score (nSPS) is 15.0. The highest BCUT2D eigenvalue weighted by Gasteiger charge is 2.59. The molecule has 1 aromatic carbocycles. The van der Waals surface area contributed by atoms with E-state index in [-0.39, 0.29) is 36.1 Å². The first-order valence-corrected chi connectivity index (χ1v) is 13.8. The van der Waals surface area contributed by atoms with Crippen molar-refractivity contribution in [3.8, 4) is 34.7 Å². The van der Waals surface area contributed by atoms with E-state index in [1.165, 1.54) is 12.3 Å². The van der Waals surface area contributed by atoms with Crippen molar-refractivity contribution in [3.63, 3.8) is 0 Å². The number of carbonyl (C=O) groups excluding carboxylic acids is 1. The number of pyridine rings is 1. The van der Waals surface area contributed by atoms with Gasteiger partial charge < -0.3 is 19.9 Å². The average Bonchev–Trinajstić information content (AvgIpc) is 2.96. The third-order valence-electron chi connectivity index (χ3n) is 6.85. The molecule has 0 saturated heterocycles. The Balaban J connectivity index is 1.49. The summed E-state index contributed by atoms with van der Waals surface area (Å²) in [5, 5.41) is 12.9. The lowest BCUT2D eigenvalue weighted by Gasteiger charge is -2.37.